The van der Waals surface area contributed by atoms with Crippen molar-refractivity contribution >= 4 is 70.4 Å². The fourth-order valence-corrected chi connectivity index (χ4v) is 4.28. The van der Waals surface area contributed by atoms with Crippen molar-refractivity contribution in [3.8, 4) is 5.75 Å². The quantitative estimate of drug-likeness (QED) is 0.431. The number of nitrogen functional groups attached to an aromatic ring is 1. The molecule has 0 radical (unpaired) electrons. The van der Waals surface area contributed by atoms with Crippen molar-refractivity contribution in [1.82, 2.24) is 4.90 Å². The van der Waals surface area contributed by atoms with E-state index in [0.29, 0.717) is 17.0 Å². The van der Waals surface area contributed by atoms with E-state index in [4.69, 9.17) is 10.5 Å². The largest absolute Gasteiger partial charge is 0.497 e. The van der Waals surface area contributed by atoms with E-state index >= 15 is 0 Å². The number of anilines is 1. The molecular formula is C16H24B6N2O2S. The number of rotatable bonds is 6. The SMILES string of the molecule is BC(B)(B)N(C(=O)c1cc(OC)ccc1Sc1ccccc1N)C(B)(B)B. The molecule has 0 aromatic heterocycles. The van der Waals surface area contributed by atoms with Gasteiger partial charge in [0, 0.05) is 15.5 Å². The second kappa shape index (κ2) is 8.09. The zero-order valence-electron chi connectivity index (χ0n) is 17.3. The summed E-state index contributed by atoms with van der Waals surface area (Å²) in [6.45, 7) is 0. The number of hydrogen-bond donors (Lipinski definition) is 1. The molecule has 0 aliphatic carbocycles. The summed E-state index contributed by atoms with van der Waals surface area (Å²) in [5.74, 6) is 0.636. The number of carbonyl (C=O) groups is 1. The van der Waals surface area contributed by atoms with Crippen LogP contribution in [0.2, 0.25) is 0 Å². The third-order valence-corrected chi connectivity index (χ3v) is 5.27. The third kappa shape index (κ3) is 5.16. The van der Waals surface area contributed by atoms with Gasteiger partial charge in [0.15, 0.2) is 0 Å². The molecule has 4 nitrogen and oxygen atoms in total. The second-order valence-electron chi connectivity index (χ2n) is 8.48. The molecule has 0 saturated heterocycles. The van der Waals surface area contributed by atoms with Gasteiger partial charge in [-0.25, -0.2) is 0 Å². The number of hydrogen-bond acceptors (Lipinski definition) is 4. The van der Waals surface area contributed by atoms with E-state index < -0.39 is 0 Å². The second-order valence-corrected chi connectivity index (χ2v) is 9.57. The van der Waals surface area contributed by atoms with Crippen molar-refractivity contribution in [2.75, 3.05) is 12.8 Å². The number of para-hydroxylation sites is 1. The van der Waals surface area contributed by atoms with Crippen LogP contribution in [0.3, 0.4) is 0 Å². The van der Waals surface area contributed by atoms with Crippen LogP contribution in [0.1, 0.15) is 10.4 Å². The van der Waals surface area contributed by atoms with Crippen LogP contribution in [-0.4, -0.2) is 75.5 Å². The van der Waals surface area contributed by atoms with E-state index in [1.54, 1.807) is 7.11 Å². The molecule has 1 amide bonds. The van der Waals surface area contributed by atoms with Crippen molar-refractivity contribution in [2.45, 2.75) is 20.3 Å². The van der Waals surface area contributed by atoms with Gasteiger partial charge >= 0.3 is 0 Å². The Labute approximate surface area is 171 Å². The molecule has 2 N–H and O–H groups in total. The molecule has 134 valence electrons. The van der Waals surface area contributed by atoms with Gasteiger partial charge in [0.25, 0.3) is 5.91 Å². The van der Waals surface area contributed by atoms with E-state index in [2.05, 4.69) is 47.1 Å². The van der Waals surface area contributed by atoms with Crippen molar-refractivity contribution in [1.29, 1.82) is 0 Å². The summed E-state index contributed by atoms with van der Waals surface area (Å²) in [5.41, 5.74) is 7.42. The van der Waals surface area contributed by atoms with Crippen LogP contribution in [0.25, 0.3) is 0 Å². The van der Waals surface area contributed by atoms with Gasteiger partial charge in [-0.1, -0.05) is 23.9 Å². The maximum absolute atomic E-state index is 13.6. The van der Waals surface area contributed by atoms with Gasteiger partial charge in [0.1, 0.15) is 52.8 Å². The van der Waals surface area contributed by atoms with Crippen LogP contribution < -0.4 is 10.5 Å². The predicted octanol–water partition coefficient (Wildman–Crippen LogP) is -3.11. The summed E-state index contributed by atoms with van der Waals surface area (Å²) >= 11 is 1.50. The molecule has 0 aliphatic rings. The minimum absolute atomic E-state index is 0.0223. The molecule has 0 spiro atoms. The van der Waals surface area contributed by atoms with Crippen LogP contribution in [0.5, 0.6) is 5.75 Å². The van der Waals surface area contributed by atoms with Gasteiger partial charge in [-0.05, 0) is 40.8 Å². The molecular weight excluding hydrogens is 349 g/mol. The molecule has 0 fully saturated rings. The molecule has 0 aliphatic heterocycles. The average molecular weight is 373 g/mol. The molecule has 0 heterocycles. The van der Waals surface area contributed by atoms with Crippen molar-refractivity contribution < 1.29 is 9.53 Å². The Hall–Kier alpha value is -1.75. The van der Waals surface area contributed by atoms with Gasteiger partial charge < -0.3 is 15.4 Å². The average Bonchev–Trinajstić information content (AvgIpc) is 2.54. The Kier molecular flexibility index (Phi) is 6.46. The number of benzene rings is 2. The minimum atomic E-state index is -0.327. The maximum atomic E-state index is 13.6. The highest BCUT2D eigenvalue weighted by molar-refractivity contribution is 7.99. The highest BCUT2D eigenvalue weighted by Crippen LogP contribution is 2.36. The Balaban J connectivity index is 2.56. The fourth-order valence-electron chi connectivity index (χ4n) is 3.32. The van der Waals surface area contributed by atoms with Crippen molar-refractivity contribution in [3.63, 3.8) is 0 Å². The zero-order chi connectivity index (χ0) is 20.4. The first-order valence-electron chi connectivity index (χ1n) is 9.00. The lowest BCUT2D eigenvalue weighted by atomic mass is 9.40. The Morgan fingerprint density at radius 2 is 1.59 bits per heavy atom. The lowest BCUT2D eigenvalue weighted by Crippen LogP contribution is -2.65. The lowest BCUT2D eigenvalue weighted by molar-refractivity contribution is 0.0740. The first-order valence-corrected chi connectivity index (χ1v) is 9.82. The van der Waals surface area contributed by atoms with E-state index in [1.807, 2.05) is 47.4 Å². The highest BCUT2D eigenvalue weighted by Gasteiger charge is 2.36. The Bertz CT molecular complexity index is 824. The predicted molar refractivity (Wildman–Crippen MR) is 131 cm³/mol. The summed E-state index contributed by atoms with van der Waals surface area (Å²) in [6.07, 6.45) is 0. The molecule has 11 heteroatoms. The van der Waals surface area contributed by atoms with Gasteiger partial charge in [-0.2, -0.15) is 0 Å². The third-order valence-electron chi connectivity index (χ3n) is 4.10. The molecule has 0 bridgehead atoms. The summed E-state index contributed by atoms with van der Waals surface area (Å²) in [5, 5.41) is -0.655. The van der Waals surface area contributed by atoms with E-state index in [9.17, 15) is 4.79 Å². The van der Waals surface area contributed by atoms with E-state index in [-0.39, 0.29) is 16.4 Å². The molecule has 0 saturated carbocycles. The molecule has 2 rings (SSSR count). The smallest absolute Gasteiger partial charge is 0.252 e. The Morgan fingerprint density at radius 3 is 2.11 bits per heavy atom. The minimum Gasteiger partial charge on any atom is -0.497 e. The van der Waals surface area contributed by atoms with Crippen molar-refractivity contribution in [3.05, 3.63) is 48.0 Å². The maximum Gasteiger partial charge on any atom is 0.252 e. The Morgan fingerprint density at radius 1 is 1.00 bits per heavy atom. The van der Waals surface area contributed by atoms with Gasteiger partial charge in [0.2, 0.25) is 0 Å². The van der Waals surface area contributed by atoms with Gasteiger partial charge in [0.05, 0.1) is 12.7 Å². The van der Waals surface area contributed by atoms with Crippen LogP contribution in [0.15, 0.2) is 52.3 Å². The standard InChI is InChI=1S/C16H24B6N2O2S/c1-26-9-6-7-12(27-13-5-3-2-4-11(13)23)10(8-9)14(25)24(15(17,18)19)16(20,21)22/h2-8H,17-23H2,1H3. The van der Waals surface area contributed by atoms with Crippen LogP contribution in [0, 0.1) is 0 Å². The van der Waals surface area contributed by atoms with Crippen LogP contribution >= 0.6 is 11.8 Å². The van der Waals surface area contributed by atoms with Gasteiger partial charge in [-0.3, -0.25) is 4.79 Å². The van der Waals surface area contributed by atoms with Crippen LogP contribution in [0.4, 0.5) is 5.69 Å². The summed E-state index contributed by atoms with van der Waals surface area (Å²) in [6, 6.07) is 13.3. The number of carbonyl (C=O) groups excluding carboxylic acids is 1. The molecule has 27 heavy (non-hydrogen) atoms. The number of ether oxygens (including phenoxy) is 1. The molecule has 2 aromatic rings. The normalized spacial score (nSPS) is 11.7. The molecule has 0 unspecified atom stereocenters. The first-order chi connectivity index (χ1) is 12.4. The summed E-state index contributed by atoms with van der Waals surface area (Å²) in [4.78, 5) is 17.3. The fraction of sp³-hybridized carbons (Fsp3) is 0.188. The highest BCUT2D eigenvalue weighted by atomic mass is 32.2. The van der Waals surface area contributed by atoms with Gasteiger partial charge in [-0.15, -0.1) is 0 Å². The van der Waals surface area contributed by atoms with E-state index in [0.717, 1.165) is 9.79 Å². The molecule has 2 aromatic carbocycles. The first kappa shape index (κ1) is 21.5. The topological polar surface area (TPSA) is 55.6 Å². The lowest BCUT2D eigenvalue weighted by Gasteiger charge is -2.47. The monoisotopic (exact) mass is 374 g/mol. The molecule has 0 atom stereocenters. The van der Waals surface area contributed by atoms with E-state index in [1.165, 1.54) is 11.8 Å². The number of methoxy groups -OCH3 is 1. The van der Waals surface area contributed by atoms with Crippen LogP contribution in [-0.2, 0) is 0 Å². The summed E-state index contributed by atoms with van der Waals surface area (Å²) in [7, 11) is 13.9. The van der Waals surface area contributed by atoms with Crippen molar-refractivity contribution in [2.24, 2.45) is 0 Å². The number of amides is 1. The zero-order valence-corrected chi connectivity index (χ0v) is 18.1. The number of nitrogens with zero attached hydrogens (tertiary/aromatic N) is 1. The number of nitrogens with two attached hydrogens (primary N) is 1. The summed E-state index contributed by atoms with van der Waals surface area (Å²) < 4.78 is 5.38.